The number of ether oxygens (including phenoxy) is 1. The zero-order valence-corrected chi connectivity index (χ0v) is 14.1. The van der Waals surface area contributed by atoms with Crippen molar-refractivity contribution < 1.29 is 4.74 Å². The van der Waals surface area contributed by atoms with Crippen LogP contribution in [0.1, 0.15) is 18.1 Å². The number of nitrogens with zero attached hydrogens (tertiary/aromatic N) is 2. The van der Waals surface area contributed by atoms with Gasteiger partial charge in [-0.1, -0.05) is 17.7 Å². The molecule has 1 aromatic carbocycles. The van der Waals surface area contributed by atoms with Crippen molar-refractivity contribution in [3.63, 3.8) is 0 Å². The molecule has 3 rings (SSSR count). The first-order valence-electron chi connectivity index (χ1n) is 7.96. The highest BCUT2D eigenvalue weighted by Crippen LogP contribution is 2.25. The van der Waals surface area contributed by atoms with Gasteiger partial charge in [-0.2, -0.15) is 0 Å². The van der Waals surface area contributed by atoms with Crippen LogP contribution in [-0.4, -0.2) is 35.6 Å². The number of nitrogens with one attached hydrogen (secondary N) is 1. The summed E-state index contributed by atoms with van der Waals surface area (Å²) >= 11 is 6.18. The van der Waals surface area contributed by atoms with Gasteiger partial charge in [0.05, 0.1) is 0 Å². The van der Waals surface area contributed by atoms with E-state index in [0.717, 1.165) is 48.1 Å². The van der Waals surface area contributed by atoms with Crippen molar-refractivity contribution in [3.8, 4) is 5.75 Å². The normalized spacial score (nSPS) is 18.8. The van der Waals surface area contributed by atoms with Crippen molar-refractivity contribution in [1.29, 1.82) is 0 Å². The molecule has 1 aromatic heterocycles. The second-order valence-electron chi connectivity index (χ2n) is 5.99. The lowest BCUT2D eigenvalue weighted by Crippen LogP contribution is -2.48. The lowest BCUT2D eigenvalue weighted by molar-refractivity contribution is 0.195. The molecule has 0 aliphatic carbocycles. The smallest absolute Gasteiger partial charge is 0.124 e. The topological polar surface area (TPSA) is 37.4 Å². The maximum atomic E-state index is 6.18. The summed E-state index contributed by atoms with van der Waals surface area (Å²) in [6, 6.07) is 10.3. The molecule has 0 spiro atoms. The Kier molecular flexibility index (Phi) is 5.49. The van der Waals surface area contributed by atoms with Crippen LogP contribution in [0.25, 0.3) is 0 Å². The Morgan fingerprint density at radius 3 is 3.09 bits per heavy atom. The second kappa shape index (κ2) is 7.77. The zero-order valence-electron chi connectivity index (χ0n) is 13.3. The molecule has 1 N–H and O–H groups in total. The van der Waals surface area contributed by atoms with Crippen molar-refractivity contribution in [2.24, 2.45) is 0 Å². The van der Waals surface area contributed by atoms with Crippen LogP contribution in [0.15, 0.2) is 42.7 Å². The Morgan fingerprint density at radius 2 is 2.30 bits per heavy atom. The van der Waals surface area contributed by atoms with Gasteiger partial charge in [-0.3, -0.25) is 9.88 Å². The monoisotopic (exact) mass is 331 g/mol. The fraction of sp³-hybridized carbons (Fsp3) is 0.389. The third-order valence-electron chi connectivity index (χ3n) is 3.99. The highest BCUT2D eigenvalue weighted by atomic mass is 35.5. The predicted octanol–water partition coefficient (Wildman–Crippen LogP) is 3.11. The molecule has 2 heterocycles. The lowest BCUT2D eigenvalue weighted by Gasteiger charge is -2.32. The van der Waals surface area contributed by atoms with E-state index in [1.165, 1.54) is 0 Å². The number of aromatic nitrogens is 1. The summed E-state index contributed by atoms with van der Waals surface area (Å²) in [4.78, 5) is 6.55. The van der Waals surface area contributed by atoms with Gasteiger partial charge in [0, 0.05) is 60.8 Å². The molecular weight excluding hydrogens is 310 g/mol. The van der Waals surface area contributed by atoms with Crippen LogP contribution in [0, 0.1) is 0 Å². The van der Waals surface area contributed by atoms with Gasteiger partial charge in [-0.25, -0.2) is 0 Å². The van der Waals surface area contributed by atoms with E-state index in [1.807, 2.05) is 36.5 Å². The van der Waals surface area contributed by atoms with Crippen molar-refractivity contribution >= 4 is 11.6 Å². The molecule has 1 aliphatic heterocycles. The maximum absolute atomic E-state index is 6.18. The van der Waals surface area contributed by atoms with Crippen molar-refractivity contribution in [2.75, 3.05) is 19.6 Å². The van der Waals surface area contributed by atoms with Crippen LogP contribution in [0.4, 0.5) is 0 Å². The van der Waals surface area contributed by atoms with Gasteiger partial charge in [0.2, 0.25) is 0 Å². The van der Waals surface area contributed by atoms with Gasteiger partial charge in [-0.05, 0) is 31.2 Å². The fourth-order valence-corrected chi connectivity index (χ4v) is 3.05. The molecule has 1 atom stereocenters. The summed E-state index contributed by atoms with van der Waals surface area (Å²) in [5.74, 6) is 0.893. The predicted molar refractivity (Wildman–Crippen MR) is 92.8 cm³/mol. The highest BCUT2D eigenvalue weighted by molar-refractivity contribution is 6.30. The largest absolute Gasteiger partial charge is 0.489 e. The average molecular weight is 332 g/mol. The first-order chi connectivity index (χ1) is 11.2. The number of pyridine rings is 1. The third-order valence-corrected chi connectivity index (χ3v) is 4.22. The Hall–Kier alpha value is -1.62. The second-order valence-corrected chi connectivity index (χ2v) is 6.43. The summed E-state index contributed by atoms with van der Waals surface area (Å²) in [6.07, 6.45) is 3.59. The Bertz CT molecular complexity index is 635. The van der Waals surface area contributed by atoms with E-state index < -0.39 is 0 Å². The van der Waals surface area contributed by atoms with Crippen LogP contribution in [0.3, 0.4) is 0 Å². The summed E-state index contributed by atoms with van der Waals surface area (Å²) < 4.78 is 6.01. The van der Waals surface area contributed by atoms with Gasteiger partial charge in [0.1, 0.15) is 12.4 Å². The third kappa shape index (κ3) is 4.67. The standard InChI is InChI=1S/C18H22ClN3O/c1-14-11-22(8-7-21-14)12-16-9-17(19)4-5-18(16)23-13-15-3-2-6-20-10-15/h2-6,9-10,14,21H,7-8,11-13H2,1H3. The fourth-order valence-electron chi connectivity index (χ4n) is 2.85. The van der Waals surface area contributed by atoms with E-state index in [2.05, 4.69) is 22.1 Å². The van der Waals surface area contributed by atoms with E-state index in [-0.39, 0.29) is 0 Å². The van der Waals surface area contributed by atoms with E-state index in [9.17, 15) is 0 Å². The summed E-state index contributed by atoms with van der Waals surface area (Å²) in [5.41, 5.74) is 2.19. The van der Waals surface area contributed by atoms with Crippen LogP contribution in [0.5, 0.6) is 5.75 Å². The van der Waals surface area contributed by atoms with E-state index in [4.69, 9.17) is 16.3 Å². The minimum absolute atomic E-state index is 0.514. The molecule has 1 aliphatic rings. The molecule has 0 bridgehead atoms. The Morgan fingerprint density at radius 1 is 1.39 bits per heavy atom. The molecule has 1 unspecified atom stereocenters. The van der Waals surface area contributed by atoms with Crippen LogP contribution >= 0.6 is 11.6 Å². The molecule has 1 saturated heterocycles. The Balaban J connectivity index is 1.69. The van der Waals surface area contributed by atoms with Crippen molar-refractivity contribution in [3.05, 3.63) is 58.9 Å². The number of piperazine rings is 1. The van der Waals surface area contributed by atoms with Gasteiger partial charge in [-0.15, -0.1) is 0 Å². The zero-order chi connectivity index (χ0) is 16.1. The first-order valence-corrected chi connectivity index (χ1v) is 8.34. The minimum Gasteiger partial charge on any atom is -0.489 e. The summed E-state index contributed by atoms with van der Waals surface area (Å²) in [5, 5.41) is 4.21. The molecule has 0 radical (unpaired) electrons. The Labute approximate surface area is 142 Å². The summed E-state index contributed by atoms with van der Waals surface area (Å²) in [7, 11) is 0. The van der Waals surface area contributed by atoms with Gasteiger partial charge < -0.3 is 10.1 Å². The van der Waals surface area contributed by atoms with Crippen LogP contribution in [0.2, 0.25) is 5.02 Å². The molecule has 0 saturated carbocycles. The van der Waals surface area contributed by atoms with Gasteiger partial charge in [0.25, 0.3) is 0 Å². The SMILES string of the molecule is CC1CN(Cc2cc(Cl)ccc2OCc2cccnc2)CCN1. The minimum atomic E-state index is 0.514. The van der Waals surface area contributed by atoms with Gasteiger partial charge in [0.15, 0.2) is 0 Å². The highest BCUT2D eigenvalue weighted by Gasteiger charge is 2.17. The van der Waals surface area contributed by atoms with Crippen molar-refractivity contribution in [2.45, 2.75) is 26.1 Å². The molecule has 122 valence electrons. The molecule has 23 heavy (non-hydrogen) atoms. The van der Waals surface area contributed by atoms with Gasteiger partial charge >= 0.3 is 0 Å². The molecule has 1 fully saturated rings. The van der Waals surface area contributed by atoms with Crippen LogP contribution in [-0.2, 0) is 13.2 Å². The summed E-state index contributed by atoms with van der Waals surface area (Å²) in [6.45, 7) is 6.68. The number of hydrogen-bond donors (Lipinski definition) is 1. The van der Waals surface area contributed by atoms with Crippen LogP contribution < -0.4 is 10.1 Å². The number of halogens is 1. The quantitative estimate of drug-likeness (QED) is 0.913. The molecule has 5 heteroatoms. The number of hydrogen-bond acceptors (Lipinski definition) is 4. The number of benzene rings is 1. The molecular formula is C18H22ClN3O. The number of rotatable bonds is 5. The van der Waals surface area contributed by atoms with E-state index in [0.29, 0.717) is 12.6 Å². The lowest BCUT2D eigenvalue weighted by atomic mass is 10.1. The van der Waals surface area contributed by atoms with E-state index in [1.54, 1.807) is 6.20 Å². The molecule has 0 amide bonds. The van der Waals surface area contributed by atoms with E-state index >= 15 is 0 Å². The maximum Gasteiger partial charge on any atom is 0.124 e. The van der Waals surface area contributed by atoms with Crippen molar-refractivity contribution in [1.82, 2.24) is 15.2 Å². The molecule has 4 nitrogen and oxygen atoms in total. The molecule has 2 aromatic rings. The first kappa shape index (κ1) is 16.2. The average Bonchev–Trinajstić information content (AvgIpc) is 2.55.